The van der Waals surface area contributed by atoms with Crippen molar-refractivity contribution in [3.05, 3.63) is 63.9 Å². The quantitative estimate of drug-likeness (QED) is 0.398. The van der Waals surface area contributed by atoms with Crippen LogP contribution < -0.4 is 10.9 Å². The number of carbonyl (C=O) groups excluding carboxylic acids is 1. The van der Waals surface area contributed by atoms with Crippen LogP contribution in [0.4, 0.5) is 5.69 Å². The summed E-state index contributed by atoms with van der Waals surface area (Å²) in [4.78, 5) is 30.5. The molecule has 0 unspecified atom stereocenters. The van der Waals surface area contributed by atoms with E-state index in [1.807, 2.05) is 50.2 Å². The van der Waals surface area contributed by atoms with Gasteiger partial charge in [0.2, 0.25) is 5.91 Å². The van der Waals surface area contributed by atoms with Crippen molar-refractivity contribution in [2.24, 2.45) is 0 Å². The zero-order valence-corrected chi connectivity index (χ0v) is 18.9. The summed E-state index contributed by atoms with van der Waals surface area (Å²) in [5.74, 6) is 0.108. The van der Waals surface area contributed by atoms with Gasteiger partial charge in [-0.1, -0.05) is 62.9 Å². The zero-order chi connectivity index (χ0) is 21.7. The van der Waals surface area contributed by atoms with Crippen LogP contribution >= 0.6 is 11.8 Å². The molecule has 158 valence electrons. The lowest BCUT2D eigenvalue weighted by Crippen LogP contribution is -2.26. The molecule has 1 N–H and O–H groups in total. The first-order valence-corrected chi connectivity index (χ1v) is 11.5. The van der Waals surface area contributed by atoms with Gasteiger partial charge in [0, 0.05) is 11.7 Å². The molecule has 2 aromatic carbocycles. The predicted molar refractivity (Wildman–Crippen MR) is 126 cm³/mol. The van der Waals surface area contributed by atoms with Crippen LogP contribution in [0.25, 0.3) is 10.9 Å². The van der Waals surface area contributed by atoms with E-state index in [1.54, 1.807) is 10.6 Å². The summed E-state index contributed by atoms with van der Waals surface area (Å²) in [7, 11) is 0. The van der Waals surface area contributed by atoms with Gasteiger partial charge in [-0.15, -0.1) is 0 Å². The summed E-state index contributed by atoms with van der Waals surface area (Å²) in [5, 5.41) is 4.28. The van der Waals surface area contributed by atoms with Gasteiger partial charge in [-0.05, 0) is 49.4 Å². The highest BCUT2D eigenvalue weighted by molar-refractivity contribution is 7.99. The maximum Gasteiger partial charge on any atom is 0.262 e. The number of hydrogen-bond acceptors (Lipinski definition) is 4. The Labute approximate surface area is 181 Å². The average Bonchev–Trinajstić information content (AvgIpc) is 2.77. The molecule has 0 bridgehead atoms. The van der Waals surface area contributed by atoms with Crippen LogP contribution in [0.3, 0.4) is 0 Å². The second-order valence-corrected chi connectivity index (χ2v) is 8.28. The number of benzene rings is 2. The van der Waals surface area contributed by atoms with Crippen LogP contribution in [0, 0.1) is 0 Å². The van der Waals surface area contributed by atoms with Gasteiger partial charge in [0.15, 0.2) is 5.16 Å². The molecule has 0 spiro atoms. The monoisotopic (exact) mass is 423 g/mol. The van der Waals surface area contributed by atoms with Crippen LogP contribution in [0.1, 0.15) is 51.3 Å². The summed E-state index contributed by atoms with van der Waals surface area (Å²) >= 11 is 1.31. The predicted octanol–water partition coefficient (Wildman–Crippen LogP) is 5.22. The topological polar surface area (TPSA) is 64.0 Å². The third-order valence-corrected chi connectivity index (χ3v) is 6.36. The van der Waals surface area contributed by atoms with Crippen LogP contribution in [0.5, 0.6) is 0 Å². The lowest BCUT2D eigenvalue weighted by Gasteiger charge is -2.18. The number of anilines is 1. The van der Waals surface area contributed by atoms with E-state index in [0.29, 0.717) is 16.1 Å². The van der Waals surface area contributed by atoms with E-state index in [-0.39, 0.29) is 23.3 Å². The lowest BCUT2D eigenvalue weighted by atomic mass is 10.0. The Morgan fingerprint density at radius 2 is 1.73 bits per heavy atom. The summed E-state index contributed by atoms with van der Waals surface area (Å²) in [5.41, 5.74) is 3.79. The molecular formula is C24H29N3O2S. The summed E-state index contributed by atoms with van der Waals surface area (Å²) in [6, 6.07) is 13.5. The van der Waals surface area contributed by atoms with Crippen LogP contribution in [-0.2, 0) is 17.6 Å². The average molecular weight is 424 g/mol. The number of carbonyl (C=O) groups is 1. The van der Waals surface area contributed by atoms with Gasteiger partial charge in [-0.2, -0.15) is 0 Å². The minimum Gasteiger partial charge on any atom is -0.325 e. The maximum atomic E-state index is 13.1. The Morgan fingerprint density at radius 1 is 1.07 bits per heavy atom. The molecule has 1 atom stereocenters. The van der Waals surface area contributed by atoms with Gasteiger partial charge in [-0.25, -0.2) is 4.98 Å². The molecule has 0 aliphatic heterocycles. The molecule has 0 aliphatic rings. The third kappa shape index (κ3) is 4.59. The molecule has 0 saturated carbocycles. The van der Waals surface area contributed by atoms with Crippen molar-refractivity contribution >= 4 is 34.3 Å². The van der Waals surface area contributed by atoms with Gasteiger partial charge in [-0.3, -0.25) is 14.2 Å². The fraction of sp³-hybridized carbons (Fsp3) is 0.375. The maximum absolute atomic E-state index is 13.1. The number of amides is 1. The fourth-order valence-electron chi connectivity index (χ4n) is 3.51. The second kappa shape index (κ2) is 9.94. The number of aromatic nitrogens is 2. The number of aryl methyl sites for hydroxylation is 2. The minimum atomic E-state index is -0.0892. The van der Waals surface area contributed by atoms with Crippen molar-refractivity contribution in [2.45, 2.75) is 58.2 Å². The van der Waals surface area contributed by atoms with Gasteiger partial charge in [0.1, 0.15) is 0 Å². The normalized spacial score (nSPS) is 12.1. The number of fused-ring (bicyclic) bond motifs is 1. The van der Waals surface area contributed by atoms with E-state index in [2.05, 4.69) is 19.2 Å². The molecule has 1 heterocycles. The lowest BCUT2D eigenvalue weighted by molar-refractivity contribution is -0.113. The largest absolute Gasteiger partial charge is 0.325 e. The van der Waals surface area contributed by atoms with Crippen LogP contribution in [-0.4, -0.2) is 21.2 Å². The SMILES string of the molecule is CCc1cccc(CC)c1NC(=O)CSc1nc2ccccc2c(=O)n1[C@@H](C)CC. The number of rotatable bonds is 8. The zero-order valence-electron chi connectivity index (χ0n) is 18.1. The smallest absolute Gasteiger partial charge is 0.262 e. The first-order valence-electron chi connectivity index (χ1n) is 10.5. The molecule has 3 rings (SSSR count). The third-order valence-electron chi connectivity index (χ3n) is 5.40. The number of hydrogen-bond donors (Lipinski definition) is 1. The molecular weight excluding hydrogens is 394 g/mol. The second-order valence-electron chi connectivity index (χ2n) is 7.34. The van der Waals surface area contributed by atoms with Crippen LogP contribution in [0.2, 0.25) is 0 Å². The molecule has 6 heteroatoms. The van der Waals surface area contributed by atoms with Gasteiger partial charge in [0.25, 0.3) is 5.56 Å². The Balaban J connectivity index is 1.87. The van der Waals surface area contributed by atoms with Crippen molar-refractivity contribution in [3.63, 3.8) is 0 Å². The summed E-state index contributed by atoms with van der Waals surface area (Å²) in [6.45, 7) is 8.22. The van der Waals surface area contributed by atoms with Crippen LogP contribution in [0.15, 0.2) is 52.4 Å². The molecule has 0 aliphatic carbocycles. The Kier molecular flexibility index (Phi) is 7.32. The molecule has 0 fully saturated rings. The first kappa shape index (κ1) is 22.1. The summed E-state index contributed by atoms with van der Waals surface area (Å²) in [6.07, 6.45) is 2.52. The molecule has 0 saturated heterocycles. The highest BCUT2D eigenvalue weighted by atomic mass is 32.2. The molecule has 1 aromatic heterocycles. The van der Waals surface area contributed by atoms with Crippen molar-refractivity contribution in [3.8, 4) is 0 Å². The number of nitrogens with one attached hydrogen (secondary N) is 1. The van der Waals surface area contributed by atoms with E-state index in [9.17, 15) is 9.59 Å². The van der Waals surface area contributed by atoms with Gasteiger partial charge >= 0.3 is 0 Å². The van der Waals surface area contributed by atoms with E-state index in [0.717, 1.165) is 36.1 Å². The highest BCUT2D eigenvalue weighted by Gasteiger charge is 2.17. The van der Waals surface area contributed by atoms with E-state index < -0.39 is 0 Å². The van der Waals surface area contributed by atoms with Crippen molar-refractivity contribution in [1.82, 2.24) is 9.55 Å². The molecule has 0 radical (unpaired) electrons. The fourth-order valence-corrected chi connectivity index (χ4v) is 4.40. The van der Waals surface area contributed by atoms with E-state index in [1.165, 1.54) is 11.8 Å². The van der Waals surface area contributed by atoms with Gasteiger partial charge in [0.05, 0.1) is 16.7 Å². The standard InChI is InChI=1S/C24H29N3O2S/c1-5-16(4)27-23(29)19-13-8-9-14-20(19)25-24(27)30-15-21(28)26-22-17(6-2)11-10-12-18(22)7-3/h8-14,16H,5-7,15H2,1-4H3,(H,26,28)/t16-/m0/s1. The van der Waals surface area contributed by atoms with Crippen molar-refractivity contribution in [2.75, 3.05) is 11.1 Å². The summed E-state index contributed by atoms with van der Waals surface area (Å²) < 4.78 is 1.72. The van der Waals surface area contributed by atoms with Gasteiger partial charge < -0.3 is 5.32 Å². The van der Waals surface area contributed by atoms with Crippen molar-refractivity contribution < 1.29 is 4.79 Å². The Morgan fingerprint density at radius 3 is 2.37 bits per heavy atom. The van der Waals surface area contributed by atoms with Crippen molar-refractivity contribution in [1.29, 1.82) is 0 Å². The first-order chi connectivity index (χ1) is 14.5. The van der Waals surface area contributed by atoms with E-state index in [4.69, 9.17) is 4.98 Å². The molecule has 5 nitrogen and oxygen atoms in total. The number of para-hydroxylation sites is 2. The number of nitrogens with zero attached hydrogens (tertiary/aromatic N) is 2. The van der Waals surface area contributed by atoms with E-state index >= 15 is 0 Å². The Bertz CT molecular complexity index is 1090. The minimum absolute atomic E-state index is 0.00711. The highest BCUT2D eigenvalue weighted by Crippen LogP contribution is 2.25. The number of thioether (sulfide) groups is 1. The molecule has 1 amide bonds. The molecule has 30 heavy (non-hydrogen) atoms. The Hall–Kier alpha value is -2.60. The molecule has 3 aromatic rings.